The van der Waals surface area contributed by atoms with E-state index >= 15 is 0 Å². The van der Waals surface area contributed by atoms with E-state index in [1.807, 2.05) is 6.08 Å². The maximum absolute atomic E-state index is 8.97. The number of rotatable bonds is 9. The third-order valence-corrected chi connectivity index (χ3v) is 4.25. The summed E-state index contributed by atoms with van der Waals surface area (Å²) < 4.78 is 0. The van der Waals surface area contributed by atoms with Gasteiger partial charge in [0.1, 0.15) is 0 Å². The normalized spacial score (nSPS) is 11.5. The van der Waals surface area contributed by atoms with Crippen LogP contribution < -0.4 is 0 Å². The first-order valence-corrected chi connectivity index (χ1v) is 8.65. The number of aryl methyl sites for hydroxylation is 1. The van der Waals surface area contributed by atoms with Crippen molar-refractivity contribution in [1.82, 2.24) is 0 Å². The fourth-order valence-corrected chi connectivity index (χ4v) is 3.02. The van der Waals surface area contributed by atoms with Crippen molar-refractivity contribution in [2.75, 3.05) is 6.61 Å². The van der Waals surface area contributed by atoms with Crippen molar-refractivity contribution in [2.24, 2.45) is 0 Å². The Balaban J connectivity index is 2.06. The second-order valence-electron chi connectivity index (χ2n) is 5.96. The second-order valence-corrected chi connectivity index (χ2v) is 5.96. The van der Waals surface area contributed by atoms with E-state index in [-0.39, 0.29) is 6.61 Å². The first-order chi connectivity index (χ1) is 10.9. The van der Waals surface area contributed by atoms with Gasteiger partial charge in [-0.25, -0.2) is 0 Å². The predicted octanol–water partition coefficient (Wildman–Crippen LogP) is 5.75. The number of aliphatic hydroxyl groups is 1. The first kappa shape index (κ1) is 16.8. The van der Waals surface area contributed by atoms with Crippen LogP contribution in [0.3, 0.4) is 0 Å². The topological polar surface area (TPSA) is 20.2 Å². The third kappa shape index (κ3) is 4.71. The molecule has 0 fully saturated rings. The largest absolute Gasteiger partial charge is 0.392 e. The van der Waals surface area contributed by atoms with Crippen molar-refractivity contribution < 1.29 is 5.11 Å². The minimum atomic E-state index is 0.0911. The van der Waals surface area contributed by atoms with Gasteiger partial charge in [0, 0.05) is 0 Å². The van der Waals surface area contributed by atoms with Crippen LogP contribution in [0.25, 0.3) is 16.8 Å². The molecule has 0 aliphatic heterocycles. The molecule has 2 aromatic rings. The Morgan fingerprint density at radius 2 is 1.59 bits per heavy atom. The zero-order valence-corrected chi connectivity index (χ0v) is 13.7. The van der Waals surface area contributed by atoms with Crippen LogP contribution >= 0.6 is 0 Å². The molecule has 0 aliphatic rings. The summed E-state index contributed by atoms with van der Waals surface area (Å²) in [5, 5.41) is 11.6. The molecule has 118 valence electrons. The van der Waals surface area contributed by atoms with Crippen LogP contribution in [-0.2, 0) is 6.42 Å². The number of fused-ring (bicyclic) bond motifs is 1. The zero-order valence-electron chi connectivity index (χ0n) is 13.7. The zero-order chi connectivity index (χ0) is 15.6. The predicted molar refractivity (Wildman–Crippen MR) is 97.1 cm³/mol. The summed E-state index contributed by atoms with van der Waals surface area (Å²) in [6.07, 6.45) is 13.0. The second kappa shape index (κ2) is 9.42. The van der Waals surface area contributed by atoms with Gasteiger partial charge >= 0.3 is 0 Å². The van der Waals surface area contributed by atoms with E-state index in [1.54, 1.807) is 6.08 Å². The molecule has 0 aliphatic carbocycles. The van der Waals surface area contributed by atoms with Crippen LogP contribution in [0.2, 0.25) is 0 Å². The van der Waals surface area contributed by atoms with Crippen molar-refractivity contribution in [3.05, 3.63) is 53.6 Å². The molecule has 1 nitrogen and oxygen atoms in total. The van der Waals surface area contributed by atoms with E-state index in [0.717, 1.165) is 6.42 Å². The molecule has 0 atom stereocenters. The molecule has 0 aromatic heterocycles. The van der Waals surface area contributed by atoms with E-state index in [9.17, 15) is 0 Å². The minimum Gasteiger partial charge on any atom is -0.392 e. The molecule has 2 aromatic carbocycles. The van der Waals surface area contributed by atoms with E-state index < -0.39 is 0 Å². The van der Waals surface area contributed by atoms with E-state index in [1.165, 1.54) is 60.4 Å². The molecule has 1 N–H and O–H groups in total. The van der Waals surface area contributed by atoms with Gasteiger partial charge in [0.15, 0.2) is 0 Å². The highest BCUT2D eigenvalue weighted by Gasteiger charge is 2.04. The summed E-state index contributed by atoms with van der Waals surface area (Å²) in [7, 11) is 0. The minimum absolute atomic E-state index is 0.0911. The van der Waals surface area contributed by atoms with Gasteiger partial charge in [0.2, 0.25) is 0 Å². The molecule has 0 radical (unpaired) electrons. The Morgan fingerprint density at radius 1 is 0.864 bits per heavy atom. The van der Waals surface area contributed by atoms with Crippen LogP contribution in [0.4, 0.5) is 0 Å². The first-order valence-electron chi connectivity index (χ1n) is 8.65. The lowest BCUT2D eigenvalue weighted by molar-refractivity contribution is 0.343. The number of benzene rings is 2. The molecule has 0 amide bonds. The van der Waals surface area contributed by atoms with Crippen LogP contribution in [0.1, 0.15) is 56.6 Å². The Morgan fingerprint density at radius 3 is 2.36 bits per heavy atom. The maximum Gasteiger partial charge on any atom is 0.0615 e. The Hall–Kier alpha value is -1.60. The third-order valence-electron chi connectivity index (χ3n) is 4.25. The Labute approximate surface area is 134 Å². The number of unbranched alkanes of at least 4 members (excludes halogenated alkanes) is 5. The molecule has 0 saturated heterocycles. The lowest BCUT2D eigenvalue weighted by atomic mass is 9.95. The molecular formula is C21H28O. The van der Waals surface area contributed by atoms with Crippen LogP contribution in [0.15, 0.2) is 42.5 Å². The highest BCUT2D eigenvalue weighted by Crippen LogP contribution is 2.25. The van der Waals surface area contributed by atoms with Crippen LogP contribution in [0.5, 0.6) is 0 Å². The summed E-state index contributed by atoms with van der Waals surface area (Å²) in [5.41, 5.74) is 2.64. The van der Waals surface area contributed by atoms with Gasteiger partial charge < -0.3 is 5.11 Å². The Kier molecular flexibility index (Phi) is 7.18. The molecule has 1 heteroatoms. The molecule has 0 heterocycles. The lowest BCUT2D eigenvalue weighted by Gasteiger charge is -2.09. The van der Waals surface area contributed by atoms with Gasteiger partial charge in [-0.05, 0) is 34.7 Å². The smallest absolute Gasteiger partial charge is 0.0615 e. The molecule has 0 bridgehead atoms. The molecular weight excluding hydrogens is 268 g/mol. The molecule has 2 rings (SSSR count). The van der Waals surface area contributed by atoms with Gasteiger partial charge in [-0.3, -0.25) is 0 Å². The van der Waals surface area contributed by atoms with E-state index in [4.69, 9.17) is 5.11 Å². The lowest BCUT2D eigenvalue weighted by Crippen LogP contribution is -1.90. The van der Waals surface area contributed by atoms with E-state index in [0.29, 0.717) is 0 Å². The van der Waals surface area contributed by atoms with Gasteiger partial charge in [-0.15, -0.1) is 0 Å². The standard InChI is InChI=1S/C21H28O/c1-2-3-4-5-6-7-11-18-15-16-19(12-10-17-22)21-14-9-8-13-20(18)21/h8-10,12-16,22H,2-7,11,17H2,1H3. The average Bonchev–Trinajstić information content (AvgIpc) is 2.57. The fraction of sp³-hybridized carbons (Fsp3) is 0.429. The number of aliphatic hydroxyl groups excluding tert-OH is 1. The SMILES string of the molecule is CCCCCCCCc1ccc(C=CCO)c2ccccc12. The summed E-state index contributed by atoms with van der Waals surface area (Å²) in [6, 6.07) is 13.0. The van der Waals surface area contributed by atoms with Crippen molar-refractivity contribution in [3.8, 4) is 0 Å². The average molecular weight is 296 g/mol. The quantitative estimate of drug-likeness (QED) is 0.584. The number of hydrogen-bond donors (Lipinski definition) is 1. The van der Waals surface area contributed by atoms with Crippen LogP contribution in [0, 0.1) is 0 Å². The van der Waals surface area contributed by atoms with Crippen molar-refractivity contribution in [3.63, 3.8) is 0 Å². The van der Waals surface area contributed by atoms with Gasteiger partial charge in [-0.1, -0.05) is 87.6 Å². The van der Waals surface area contributed by atoms with Gasteiger partial charge in [-0.2, -0.15) is 0 Å². The van der Waals surface area contributed by atoms with Crippen molar-refractivity contribution in [2.45, 2.75) is 51.9 Å². The maximum atomic E-state index is 8.97. The fourth-order valence-electron chi connectivity index (χ4n) is 3.02. The highest BCUT2D eigenvalue weighted by molar-refractivity contribution is 5.93. The van der Waals surface area contributed by atoms with E-state index in [2.05, 4.69) is 43.3 Å². The Bertz CT molecular complexity index is 598. The molecule has 22 heavy (non-hydrogen) atoms. The van der Waals surface area contributed by atoms with Crippen LogP contribution in [-0.4, -0.2) is 11.7 Å². The number of hydrogen-bond acceptors (Lipinski definition) is 1. The monoisotopic (exact) mass is 296 g/mol. The summed E-state index contributed by atoms with van der Waals surface area (Å²) in [6.45, 7) is 2.35. The van der Waals surface area contributed by atoms with Gasteiger partial charge in [0.05, 0.1) is 6.61 Å². The summed E-state index contributed by atoms with van der Waals surface area (Å²) in [4.78, 5) is 0. The van der Waals surface area contributed by atoms with Crippen molar-refractivity contribution in [1.29, 1.82) is 0 Å². The highest BCUT2D eigenvalue weighted by atomic mass is 16.2. The summed E-state index contributed by atoms with van der Waals surface area (Å²) >= 11 is 0. The van der Waals surface area contributed by atoms with Gasteiger partial charge in [0.25, 0.3) is 0 Å². The molecule has 0 saturated carbocycles. The summed E-state index contributed by atoms with van der Waals surface area (Å²) in [5.74, 6) is 0. The molecule has 0 unspecified atom stereocenters. The molecule has 0 spiro atoms. The van der Waals surface area contributed by atoms with Crippen molar-refractivity contribution >= 4 is 16.8 Å².